The van der Waals surface area contributed by atoms with Crippen molar-refractivity contribution in [2.24, 2.45) is 17.3 Å². The van der Waals surface area contributed by atoms with E-state index in [0.717, 1.165) is 62.9 Å². The minimum absolute atomic E-state index is 0.133. The first-order valence-electron chi connectivity index (χ1n) is 11.5. The number of piperidine rings is 1. The van der Waals surface area contributed by atoms with E-state index in [0.29, 0.717) is 5.91 Å². The highest BCUT2D eigenvalue weighted by molar-refractivity contribution is 5.79. The van der Waals surface area contributed by atoms with Crippen LogP contribution in [0.15, 0.2) is 4.42 Å². The molecular weight excluding hydrogens is 350 g/mol. The van der Waals surface area contributed by atoms with Crippen molar-refractivity contribution >= 4 is 5.91 Å². The van der Waals surface area contributed by atoms with Gasteiger partial charge in [0.1, 0.15) is 0 Å². The Morgan fingerprint density at radius 3 is 2.57 bits per heavy atom. The van der Waals surface area contributed by atoms with Crippen LogP contribution in [0.4, 0.5) is 0 Å². The molecule has 3 rings (SSSR count). The van der Waals surface area contributed by atoms with E-state index < -0.39 is 0 Å². The van der Waals surface area contributed by atoms with Gasteiger partial charge in [0.25, 0.3) is 0 Å². The highest BCUT2D eigenvalue weighted by Gasteiger charge is 2.33. The summed E-state index contributed by atoms with van der Waals surface area (Å²) in [7, 11) is 0. The summed E-state index contributed by atoms with van der Waals surface area (Å²) < 4.78 is 5.96. The van der Waals surface area contributed by atoms with Crippen LogP contribution in [0, 0.1) is 17.3 Å². The fraction of sp³-hybridized carbons (Fsp3) is 0.870. The van der Waals surface area contributed by atoms with Gasteiger partial charge in [0.2, 0.25) is 17.7 Å². The molecule has 0 bridgehead atoms. The topological polar surface area (TPSA) is 59.2 Å². The molecule has 0 aromatic carbocycles. The first kappa shape index (κ1) is 21.3. The summed E-state index contributed by atoms with van der Waals surface area (Å²) in [5, 5.41) is 8.56. The van der Waals surface area contributed by atoms with Gasteiger partial charge in [-0.3, -0.25) is 4.79 Å². The van der Waals surface area contributed by atoms with E-state index in [-0.39, 0.29) is 17.3 Å². The minimum atomic E-state index is 0.133. The molecule has 1 atom stereocenters. The number of carbonyl (C=O) groups is 1. The molecule has 1 saturated heterocycles. The molecule has 0 radical (unpaired) electrons. The molecule has 1 aliphatic heterocycles. The highest BCUT2D eigenvalue weighted by Crippen LogP contribution is 2.35. The quantitative estimate of drug-likeness (QED) is 0.657. The van der Waals surface area contributed by atoms with Gasteiger partial charge in [-0.2, -0.15) is 0 Å². The lowest BCUT2D eigenvalue weighted by molar-refractivity contribution is -0.138. The Morgan fingerprint density at radius 2 is 1.89 bits per heavy atom. The third-order valence-electron chi connectivity index (χ3n) is 6.41. The number of hydrogen-bond acceptors (Lipinski definition) is 4. The minimum Gasteiger partial charge on any atom is -0.425 e. The van der Waals surface area contributed by atoms with E-state index in [9.17, 15) is 4.79 Å². The van der Waals surface area contributed by atoms with Crippen molar-refractivity contribution in [2.45, 2.75) is 97.8 Å². The van der Waals surface area contributed by atoms with Gasteiger partial charge < -0.3 is 9.32 Å². The van der Waals surface area contributed by atoms with Crippen LogP contribution in [-0.2, 0) is 11.2 Å². The van der Waals surface area contributed by atoms with E-state index in [1.807, 2.05) is 0 Å². The Morgan fingerprint density at radius 1 is 1.14 bits per heavy atom. The summed E-state index contributed by atoms with van der Waals surface area (Å²) in [6, 6.07) is 0. The number of nitrogens with zero attached hydrogens (tertiary/aromatic N) is 3. The van der Waals surface area contributed by atoms with Gasteiger partial charge in [0.05, 0.1) is 5.92 Å². The van der Waals surface area contributed by atoms with Crippen molar-refractivity contribution in [3.63, 3.8) is 0 Å². The van der Waals surface area contributed by atoms with E-state index in [2.05, 4.69) is 42.8 Å². The van der Waals surface area contributed by atoms with E-state index in [1.165, 1.54) is 32.1 Å². The molecule has 0 N–H and O–H groups in total. The maximum absolute atomic E-state index is 13.1. The molecule has 158 valence electrons. The first-order valence-corrected chi connectivity index (χ1v) is 11.5. The Balaban J connectivity index is 1.53. The van der Waals surface area contributed by atoms with Crippen molar-refractivity contribution in [3.05, 3.63) is 11.8 Å². The fourth-order valence-corrected chi connectivity index (χ4v) is 4.78. The lowest BCUT2D eigenvalue weighted by Crippen LogP contribution is -2.43. The van der Waals surface area contributed by atoms with Crippen molar-refractivity contribution < 1.29 is 9.21 Å². The van der Waals surface area contributed by atoms with Crippen LogP contribution in [0.2, 0.25) is 0 Å². The number of likely N-dealkylation sites (tertiary alicyclic amines) is 1. The number of unbranched alkanes of at least 4 members (excludes halogenated alkanes) is 1. The third-order valence-corrected chi connectivity index (χ3v) is 6.41. The molecule has 2 fully saturated rings. The Hall–Kier alpha value is -1.39. The summed E-state index contributed by atoms with van der Waals surface area (Å²) in [5.41, 5.74) is 0.133. The number of rotatable bonds is 6. The fourth-order valence-electron chi connectivity index (χ4n) is 4.78. The van der Waals surface area contributed by atoms with E-state index in [4.69, 9.17) is 4.42 Å². The van der Waals surface area contributed by atoms with Crippen LogP contribution in [-0.4, -0.2) is 34.1 Å². The number of amides is 1. The van der Waals surface area contributed by atoms with Crippen LogP contribution >= 0.6 is 0 Å². The molecule has 0 spiro atoms. The SMILES string of the molecule is CCCCC1CCC(C(=O)N2CCCC(c3nnc(CC(C)(C)C)o3)C2)CC1. The molecule has 1 saturated carbocycles. The van der Waals surface area contributed by atoms with Crippen LogP contribution < -0.4 is 0 Å². The van der Waals surface area contributed by atoms with Crippen molar-refractivity contribution in [2.75, 3.05) is 13.1 Å². The van der Waals surface area contributed by atoms with Gasteiger partial charge in [-0.05, 0) is 49.9 Å². The maximum Gasteiger partial charge on any atom is 0.225 e. The standard InChI is InChI=1S/C23H39N3O2/c1-5-6-8-17-10-12-18(13-11-17)22(27)26-14-7-9-19(16-26)21-25-24-20(28-21)15-23(2,3)4/h17-19H,5-16H2,1-4H3. The lowest BCUT2D eigenvalue weighted by atomic mass is 9.79. The molecule has 2 aliphatic rings. The van der Waals surface area contributed by atoms with Crippen molar-refractivity contribution in [1.29, 1.82) is 0 Å². The number of aromatic nitrogens is 2. The molecule has 2 heterocycles. The summed E-state index contributed by atoms with van der Waals surface area (Å²) in [6.07, 6.45) is 11.4. The predicted octanol–water partition coefficient (Wildman–Crippen LogP) is 5.36. The van der Waals surface area contributed by atoms with Gasteiger partial charge >= 0.3 is 0 Å². The van der Waals surface area contributed by atoms with E-state index >= 15 is 0 Å². The Labute approximate surface area is 170 Å². The van der Waals surface area contributed by atoms with Gasteiger partial charge in [-0.1, -0.05) is 47.0 Å². The van der Waals surface area contributed by atoms with Gasteiger partial charge in [-0.15, -0.1) is 10.2 Å². The average Bonchev–Trinajstić information content (AvgIpc) is 3.13. The van der Waals surface area contributed by atoms with Crippen LogP contribution in [0.25, 0.3) is 0 Å². The second kappa shape index (κ2) is 9.41. The molecular formula is C23H39N3O2. The molecule has 5 nitrogen and oxygen atoms in total. The Bertz CT molecular complexity index is 626. The first-order chi connectivity index (χ1) is 13.4. The Kier molecular flexibility index (Phi) is 7.16. The average molecular weight is 390 g/mol. The zero-order valence-corrected chi connectivity index (χ0v) is 18.4. The number of hydrogen-bond donors (Lipinski definition) is 0. The molecule has 1 aromatic rings. The maximum atomic E-state index is 13.1. The highest BCUT2D eigenvalue weighted by atomic mass is 16.4. The van der Waals surface area contributed by atoms with Crippen LogP contribution in [0.1, 0.15) is 103 Å². The van der Waals surface area contributed by atoms with Gasteiger partial charge in [-0.25, -0.2) is 0 Å². The summed E-state index contributed by atoms with van der Waals surface area (Å²) >= 11 is 0. The molecule has 1 unspecified atom stereocenters. The molecule has 1 aromatic heterocycles. The second-order valence-electron chi connectivity index (χ2n) is 10.3. The zero-order valence-electron chi connectivity index (χ0n) is 18.4. The summed E-state index contributed by atoms with van der Waals surface area (Å²) in [4.78, 5) is 15.2. The normalized spacial score (nSPS) is 26.4. The zero-order chi connectivity index (χ0) is 20.1. The van der Waals surface area contributed by atoms with E-state index in [1.54, 1.807) is 0 Å². The van der Waals surface area contributed by atoms with Crippen LogP contribution in [0.3, 0.4) is 0 Å². The third kappa shape index (κ3) is 5.81. The molecule has 1 aliphatic carbocycles. The largest absolute Gasteiger partial charge is 0.425 e. The lowest BCUT2D eigenvalue weighted by Gasteiger charge is -2.36. The molecule has 28 heavy (non-hydrogen) atoms. The molecule has 1 amide bonds. The summed E-state index contributed by atoms with van der Waals surface area (Å²) in [6.45, 7) is 10.4. The van der Waals surface area contributed by atoms with Crippen molar-refractivity contribution in [1.82, 2.24) is 15.1 Å². The smallest absolute Gasteiger partial charge is 0.225 e. The second-order valence-corrected chi connectivity index (χ2v) is 10.3. The van der Waals surface area contributed by atoms with Crippen molar-refractivity contribution in [3.8, 4) is 0 Å². The van der Waals surface area contributed by atoms with Gasteiger partial charge in [0, 0.05) is 25.4 Å². The summed E-state index contributed by atoms with van der Waals surface area (Å²) in [5.74, 6) is 3.08. The monoisotopic (exact) mass is 389 g/mol. The number of carbonyl (C=O) groups excluding carboxylic acids is 1. The van der Waals surface area contributed by atoms with Gasteiger partial charge in [0.15, 0.2) is 0 Å². The molecule has 5 heteroatoms. The van der Waals surface area contributed by atoms with Crippen LogP contribution in [0.5, 0.6) is 0 Å². The predicted molar refractivity (Wildman–Crippen MR) is 111 cm³/mol.